The summed E-state index contributed by atoms with van der Waals surface area (Å²) < 4.78 is 0.741. The Bertz CT molecular complexity index is 723. The molecule has 0 radical (unpaired) electrons. The lowest BCUT2D eigenvalue weighted by molar-refractivity contribution is -0.115. The van der Waals surface area contributed by atoms with Crippen LogP contribution in [0.3, 0.4) is 0 Å². The minimum absolute atomic E-state index is 0.143. The molecular weight excluding hydrogens is 378 g/mol. The highest BCUT2D eigenvalue weighted by Crippen LogP contribution is 2.28. The van der Waals surface area contributed by atoms with Crippen LogP contribution in [0, 0.1) is 0 Å². The van der Waals surface area contributed by atoms with Crippen LogP contribution in [-0.4, -0.2) is 40.1 Å². The van der Waals surface area contributed by atoms with Crippen LogP contribution >= 0.6 is 34.9 Å². The number of hydrogen-bond acceptors (Lipinski definition) is 8. The molecule has 1 aromatic carbocycles. The minimum Gasteiger partial charge on any atom is -0.369 e. The van der Waals surface area contributed by atoms with Crippen molar-refractivity contribution in [3.05, 3.63) is 24.3 Å². The molecule has 0 saturated heterocycles. The average Bonchev–Trinajstić information content (AvgIpc) is 3.05. The molecule has 0 spiro atoms. The van der Waals surface area contributed by atoms with E-state index in [0.29, 0.717) is 5.69 Å². The summed E-state index contributed by atoms with van der Waals surface area (Å²) in [6.07, 6.45) is 1.01. The lowest BCUT2D eigenvalue weighted by Crippen LogP contribution is -2.15. The smallest absolute Gasteiger partial charge is 0.234 e. The summed E-state index contributed by atoms with van der Waals surface area (Å²) in [5.41, 5.74) is 5.84. The third kappa shape index (κ3) is 6.92. The Hall–Kier alpha value is -1.78. The second-order valence-corrected chi connectivity index (χ2v) is 8.11. The molecular formula is C15H19N5O2S3. The molecule has 2 aromatic rings. The van der Waals surface area contributed by atoms with Gasteiger partial charge in [0.05, 0.1) is 17.2 Å². The van der Waals surface area contributed by atoms with E-state index in [4.69, 9.17) is 5.73 Å². The largest absolute Gasteiger partial charge is 0.369 e. The predicted octanol–water partition coefficient (Wildman–Crippen LogP) is 2.67. The van der Waals surface area contributed by atoms with E-state index < -0.39 is 5.91 Å². The van der Waals surface area contributed by atoms with Crippen molar-refractivity contribution in [2.24, 2.45) is 5.73 Å². The predicted molar refractivity (Wildman–Crippen MR) is 104 cm³/mol. The van der Waals surface area contributed by atoms with Crippen LogP contribution in [0.2, 0.25) is 0 Å². The number of amides is 2. The summed E-state index contributed by atoms with van der Waals surface area (Å²) in [6, 6.07) is 7.31. The maximum Gasteiger partial charge on any atom is 0.234 e. The highest BCUT2D eigenvalue weighted by atomic mass is 32.2. The fourth-order valence-electron chi connectivity index (χ4n) is 1.73. The molecule has 0 aliphatic carbocycles. The Kier molecular flexibility index (Phi) is 8.02. The molecule has 0 aliphatic heterocycles. The van der Waals surface area contributed by atoms with Crippen molar-refractivity contribution >= 4 is 57.5 Å². The Labute approximate surface area is 158 Å². The van der Waals surface area contributed by atoms with E-state index >= 15 is 0 Å². The number of rotatable bonds is 10. The van der Waals surface area contributed by atoms with Crippen molar-refractivity contribution in [1.29, 1.82) is 0 Å². The van der Waals surface area contributed by atoms with Crippen LogP contribution in [-0.2, 0) is 9.59 Å². The van der Waals surface area contributed by atoms with Gasteiger partial charge in [-0.15, -0.1) is 22.0 Å². The van der Waals surface area contributed by atoms with Gasteiger partial charge in [-0.25, -0.2) is 0 Å². The average molecular weight is 398 g/mol. The normalized spacial score (nSPS) is 10.4. The number of primary amides is 1. The van der Waals surface area contributed by atoms with E-state index in [1.165, 1.54) is 34.9 Å². The molecule has 0 aliphatic rings. The van der Waals surface area contributed by atoms with Crippen LogP contribution in [0.1, 0.15) is 13.3 Å². The van der Waals surface area contributed by atoms with Gasteiger partial charge >= 0.3 is 0 Å². The molecule has 10 heteroatoms. The summed E-state index contributed by atoms with van der Waals surface area (Å²) in [6.45, 7) is 2.92. The first kappa shape index (κ1) is 19.5. The first-order valence-electron chi connectivity index (χ1n) is 7.58. The van der Waals surface area contributed by atoms with Gasteiger partial charge in [0.2, 0.25) is 16.9 Å². The SMILES string of the molecule is CCCNc1nnc(SCC(=O)Nc2ccccc2SCC(N)=O)s1. The van der Waals surface area contributed by atoms with E-state index in [-0.39, 0.29) is 17.4 Å². The van der Waals surface area contributed by atoms with Crippen molar-refractivity contribution in [2.75, 3.05) is 28.7 Å². The topological polar surface area (TPSA) is 110 Å². The number of anilines is 2. The third-order valence-corrected chi connectivity index (χ3v) is 5.90. The number of benzene rings is 1. The fraction of sp³-hybridized carbons (Fsp3) is 0.333. The van der Waals surface area contributed by atoms with E-state index in [2.05, 4.69) is 27.8 Å². The highest BCUT2D eigenvalue weighted by Gasteiger charge is 2.11. The minimum atomic E-state index is -0.398. The fourth-order valence-corrected chi connectivity index (χ4v) is 4.05. The molecule has 1 aromatic heterocycles. The molecule has 0 atom stereocenters. The van der Waals surface area contributed by atoms with E-state index in [0.717, 1.165) is 27.3 Å². The number of thioether (sulfide) groups is 2. The molecule has 4 N–H and O–H groups in total. The first-order valence-corrected chi connectivity index (χ1v) is 10.4. The quantitative estimate of drug-likeness (QED) is 0.529. The van der Waals surface area contributed by atoms with E-state index in [1.807, 2.05) is 18.2 Å². The summed E-state index contributed by atoms with van der Waals surface area (Å²) in [5, 5.41) is 14.9. The Morgan fingerprint density at radius 3 is 2.76 bits per heavy atom. The number of carbonyl (C=O) groups is 2. The van der Waals surface area contributed by atoms with Crippen molar-refractivity contribution in [1.82, 2.24) is 10.2 Å². The van der Waals surface area contributed by atoms with Gasteiger partial charge in [0, 0.05) is 11.4 Å². The van der Waals surface area contributed by atoms with Gasteiger partial charge in [-0.3, -0.25) is 9.59 Å². The molecule has 1 heterocycles. The molecule has 25 heavy (non-hydrogen) atoms. The molecule has 0 bridgehead atoms. The Balaban J connectivity index is 1.86. The highest BCUT2D eigenvalue weighted by molar-refractivity contribution is 8.01. The molecule has 2 rings (SSSR count). The first-order chi connectivity index (χ1) is 12.1. The van der Waals surface area contributed by atoms with Crippen molar-refractivity contribution < 1.29 is 9.59 Å². The third-order valence-electron chi connectivity index (χ3n) is 2.79. The van der Waals surface area contributed by atoms with Crippen LogP contribution in [0.4, 0.5) is 10.8 Å². The molecule has 0 saturated carbocycles. The number of nitrogens with two attached hydrogens (primary N) is 1. The van der Waals surface area contributed by atoms with Crippen molar-refractivity contribution in [3.63, 3.8) is 0 Å². The summed E-state index contributed by atoms with van der Waals surface area (Å²) in [4.78, 5) is 23.9. The second kappa shape index (κ2) is 10.3. The maximum absolute atomic E-state index is 12.2. The number of aromatic nitrogens is 2. The molecule has 2 amide bonds. The molecule has 134 valence electrons. The summed E-state index contributed by atoms with van der Waals surface area (Å²) in [7, 11) is 0. The van der Waals surface area contributed by atoms with Crippen molar-refractivity contribution in [3.8, 4) is 0 Å². The maximum atomic E-state index is 12.2. The monoisotopic (exact) mass is 397 g/mol. The van der Waals surface area contributed by atoms with Crippen LogP contribution < -0.4 is 16.4 Å². The lowest BCUT2D eigenvalue weighted by atomic mass is 10.3. The molecule has 7 nitrogen and oxygen atoms in total. The zero-order valence-electron chi connectivity index (χ0n) is 13.7. The zero-order valence-corrected chi connectivity index (χ0v) is 16.1. The zero-order chi connectivity index (χ0) is 18.1. The van der Waals surface area contributed by atoms with E-state index in [9.17, 15) is 9.59 Å². The number of para-hydroxylation sites is 1. The van der Waals surface area contributed by atoms with Gasteiger partial charge in [-0.05, 0) is 18.6 Å². The standard InChI is InChI=1S/C15H19N5O2S3/c1-2-7-17-14-19-20-15(25-14)24-9-13(22)18-10-5-3-4-6-11(10)23-8-12(16)21/h3-6H,2,7-9H2,1H3,(H2,16,21)(H,17,19)(H,18,22). The number of hydrogen-bond donors (Lipinski definition) is 3. The molecule has 0 unspecified atom stereocenters. The number of nitrogens with zero attached hydrogens (tertiary/aromatic N) is 2. The molecule has 0 fully saturated rings. The van der Waals surface area contributed by atoms with Gasteiger partial charge in [-0.2, -0.15) is 0 Å². The van der Waals surface area contributed by atoms with Gasteiger partial charge in [0.25, 0.3) is 0 Å². The van der Waals surface area contributed by atoms with Crippen molar-refractivity contribution in [2.45, 2.75) is 22.6 Å². The lowest BCUT2D eigenvalue weighted by Gasteiger charge is -2.09. The Morgan fingerprint density at radius 1 is 1.20 bits per heavy atom. The number of carbonyl (C=O) groups excluding carboxylic acids is 2. The van der Waals surface area contributed by atoms with Crippen LogP contribution in [0.25, 0.3) is 0 Å². The van der Waals surface area contributed by atoms with E-state index in [1.54, 1.807) is 6.07 Å². The number of nitrogens with one attached hydrogen (secondary N) is 2. The Morgan fingerprint density at radius 2 is 2.00 bits per heavy atom. The summed E-state index contributed by atoms with van der Waals surface area (Å²) >= 11 is 4.07. The van der Waals surface area contributed by atoms with Gasteiger partial charge in [0.15, 0.2) is 4.34 Å². The second-order valence-electron chi connectivity index (χ2n) is 4.89. The summed E-state index contributed by atoms with van der Waals surface area (Å²) in [5.74, 6) is -0.141. The van der Waals surface area contributed by atoms with Gasteiger partial charge in [0.1, 0.15) is 0 Å². The van der Waals surface area contributed by atoms with Gasteiger partial charge in [-0.1, -0.05) is 42.2 Å². The van der Waals surface area contributed by atoms with Crippen LogP contribution in [0.5, 0.6) is 0 Å². The van der Waals surface area contributed by atoms with Crippen LogP contribution in [0.15, 0.2) is 33.5 Å². The van der Waals surface area contributed by atoms with Gasteiger partial charge < -0.3 is 16.4 Å².